The summed E-state index contributed by atoms with van der Waals surface area (Å²) in [5, 5.41) is 3.63. The third kappa shape index (κ3) is 3.96. The molecule has 0 aliphatic heterocycles. The van der Waals surface area contributed by atoms with Gasteiger partial charge in [-0.15, -0.1) is 0 Å². The lowest BCUT2D eigenvalue weighted by molar-refractivity contribution is 1.27. The van der Waals surface area contributed by atoms with Crippen LogP contribution in [0.1, 0.15) is 16.8 Å². The lowest BCUT2D eigenvalue weighted by atomic mass is 9.96. The lowest BCUT2D eigenvalue weighted by Crippen LogP contribution is -2.05. The summed E-state index contributed by atoms with van der Waals surface area (Å²) in [6.07, 6.45) is 1.84. The van der Waals surface area contributed by atoms with Crippen LogP contribution in [0.5, 0.6) is 0 Å². The Labute approximate surface area is 159 Å². The molecule has 0 saturated heterocycles. The van der Waals surface area contributed by atoms with Crippen LogP contribution in [-0.2, 0) is 0 Å². The molecular formula is C25H20N2. The van der Waals surface area contributed by atoms with Crippen molar-refractivity contribution in [3.63, 3.8) is 0 Å². The van der Waals surface area contributed by atoms with Crippen molar-refractivity contribution in [1.82, 2.24) is 4.98 Å². The summed E-state index contributed by atoms with van der Waals surface area (Å²) in [5.41, 5.74) is 6.33. The maximum atomic E-state index is 4.65. The van der Waals surface area contributed by atoms with Gasteiger partial charge < -0.3 is 5.32 Å². The van der Waals surface area contributed by atoms with Crippen LogP contribution in [0, 0.1) is 0 Å². The smallest absolute Gasteiger partial charge is 0.0729 e. The van der Waals surface area contributed by atoms with Gasteiger partial charge in [-0.2, -0.15) is 0 Å². The Morgan fingerprint density at radius 3 is 1.70 bits per heavy atom. The summed E-state index contributed by atoms with van der Waals surface area (Å²) in [4.78, 5) is 4.65. The van der Waals surface area contributed by atoms with E-state index in [0.717, 1.165) is 33.8 Å². The first kappa shape index (κ1) is 16.8. The number of nitrogens with one attached hydrogen (secondary N) is 1. The molecule has 0 saturated carbocycles. The molecule has 0 amide bonds. The fourth-order valence-electron chi connectivity index (χ4n) is 3.09. The monoisotopic (exact) mass is 348 g/mol. The topological polar surface area (TPSA) is 24.9 Å². The minimum atomic E-state index is 0.936. The molecule has 0 aliphatic carbocycles. The average Bonchev–Trinajstić information content (AvgIpc) is 2.76. The standard InChI is InChI=1S/C25H20N2/c1-4-12-20(13-5-1)24(23-18-10-11-19-26-23)25(21-14-6-2-7-15-21)27-22-16-8-3-9-17-22/h1-19,27H/b25-24-. The van der Waals surface area contributed by atoms with E-state index in [1.807, 2.05) is 48.7 Å². The van der Waals surface area contributed by atoms with Gasteiger partial charge in [0.15, 0.2) is 0 Å². The zero-order chi connectivity index (χ0) is 18.3. The van der Waals surface area contributed by atoms with E-state index < -0.39 is 0 Å². The summed E-state index contributed by atoms with van der Waals surface area (Å²) >= 11 is 0. The number of hydrogen-bond donors (Lipinski definition) is 1. The first-order valence-electron chi connectivity index (χ1n) is 9.00. The van der Waals surface area contributed by atoms with E-state index in [1.165, 1.54) is 0 Å². The number of pyridine rings is 1. The Kier molecular flexibility index (Phi) is 5.07. The van der Waals surface area contributed by atoms with Crippen LogP contribution in [0.4, 0.5) is 5.69 Å². The highest BCUT2D eigenvalue weighted by Gasteiger charge is 2.15. The molecule has 0 spiro atoms. The summed E-state index contributed by atoms with van der Waals surface area (Å²) in [7, 11) is 0. The van der Waals surface area contributed by atoms with Crippen molar-refractivity contribution >= 4 is 17.0 Å². The van der Waals surface area contributed by atoms with E-state index in [1.54, 1.807) is 0 Å². The minimum Gasteiger partial charge on any atom is -0.354 e. The third-order valence-corrected chi connectivity index (χ3v) is 4.34. The van der Waals surface area contributed by atoms with E-state index >= 15 is 0 Å². The first-order valence-corrected chi connectivity index (χ1v) is 9.00. The molecule has 4 rings (SSSR count). The number of nitrogens with zero attached hydrogens (tertiary/aromatic N) is 1. The predicted octanol–water partition coefficient (Wildman–Crippen LogP) is 6.11. The van der Waals surface area contributed by atoms with Gasteiger partial charge in [-0.1, -0.05) is 84.9 Å². The second kappa shape index (κ2) is 8.15. The second-order valence-corrected chi connectivity index (χ2v) is 6.19. The molecule has 0 unspecified atom stereocenters. The highest BCUT2D eigenvalue weighted by atomic mass is 14.9. The Morgan fingerprint density at radius 1 is 0.556 bits per heavy atom. The zero-order valence-electron chi connectivity index (χ0n) is 14.9. The molecule has 130 valence electrons. The fourth-order valence-corrected chi connectivity index (χ4v) is 3.09. The van der Waals surface area contributed by atoms with Gasteiger partial charge in [-0.3, -0.25) is 4.98 Å². The van der Waals surface area contributed by atoms with Gasteiger partial charge in [-0.25, -0.2) is 0 Å². The molecule has 0 bridgehead atoms. The summed E-state index contributed by atoms with van der Waals surface area (Å²) in [6.45, 7) is 0. The molecule has 0 atom stereocenters. The first-order chi connectivity index (χ1) is 13.4. The second-order valence-electron chi connectivity index (χ2n) is 6.19. The van der Waals surface area contributed by atoms with E-state index in [0.29, 0.717) is 0 Å². The van der Waals surface area contributed by atoms with Crippen molar-refractivity contribution in [2.24, 2.45) is 0 Å². The minimum absolute atomic E-state index is 0.936. The van der Waals surface area contributed by atoms with Gasteiger partial charge in [-0.05, 0) is 35.4 Å². The van der Waals surface area contributed by atoms with Crippen LogP contribution in [-0.4, -0.2) is 4.98 Å². The van der Waals surface area contributed by atoms with Crippen LogP contribution >= 0.6 is 0 Å². The maximum absolute atomic E-state index is 4.65. The number of anilines is 1. The van der Waals surface area contributed by atoms with Crippen molar-refractivity contribution < 1.29 is 0 Å². The van der Waals surface area contributed by atoms with Crippen LogP contribution in [0.2, 0.25) is 0 Å². The van der Waals surface area contributed by atoms with Crippen molar-refractivity contribution in [2.45, 2.75) is 0 Å². The molecule has 1 N–H and O–H groups in total. The molecule has 1 aromatic heterocycles. The number of aromatic nitrogens is 1. The largest absolute Gasteiger partial charge is 0.354 e. The molecule has 1 heterocycles. The summed E-state index contributed by atoms with van der Waals surface area (Å²) in [6, 6.07) is 37.1. The molecule has 3 aromatic carbocycles. The lowest BCUT2D eigenvalue weighted by Gasteiger charge is -2.18. The normalized spacial score (nSPS) is 11.6. The Morgan fingerprint density at radius 2 is 1.11 bits per heavy atom. The quantitative estimate of drug-likeness (QED) is 0.440. The van der Waals surface area contributed by atoms with E-state index in [4.69, 9.17) is 0 Å². The maximum Gasteiger partial charge on any atom is 0.0729 e. The highest BCUT2D eigenvalue weighted by Crippen LogP contribution is 2.32. The number of benzene rings is 3. The highest BCUT2D eigenvalue weighted by molar-refractivity contribution is 6.01. The Balaban J connectivity index is 1.97. The molecule has 2 heteroatoms. The van der Waals surface area contributed by atoms with Crippen LogP contribution in [0.15, 0.2) is 115 Å². The molecule has 2 nitrogen and oxygen atoms in total. The SMILES string of the molecule is c1ccc(N/C(=C(/c2ccccc2)c2ccccn2)c2ccccc2)cc1. The third-order valence-electron chi connectivity index (χ3n) is 4.34. The van der Waals surface area contributed by atoms with Crippen LogP contribution < -0.4 is 5.32 Å². The van der Waals surface area contributed by atoms with Gasteiger partial charge in [0.1, 0.15) is 0 Å². The number of para-hydroxylation sites is 1. The number of hydrogen-bond acceptors (Lipinski definition) is 2. The van der Waals surface area contributed by atoms with E-state index in [-0.39, 0.29) is 0 Å². The van der Waals surface area contributed by atoms with Crippen molar-refractivity contribution in [2.75, 3.05) is 5.32 Å². The summed E-state index contributed by atoms with van der Waals surface area (Å²) in [5.74, 6) is 0. The van der Waals surface area contributed by atoms with Crippen molar-refractivity contribution in [1.29, 1.82) is 0 Å². The molecular weight excluding hydrogens is 328 g/mol. The van der Waals surface area contributed by atoms with Gasteiger partial charge >= 0.3 is 0 Å². The van der Waals surface area contributed by atoms with Gasteiger partial charge in [0.05, 0.1) is 11.4 Å². The molecule has 0 fully saturated rings. The fraction of sp³-hybridized carbons (Fsp3) is 0. The molecule has 4 aromatic rings. The summed E-state index contributed by atoms with van der Waals surface area (Å²) < 4.78 is 0. The van der Waals surface area contributed by atoms with Gasteiger partial charge in [0.25, 0.3) is 0 Å². The Hall–Kier alpha value is -3.65. The molecule has 27 heavy (non-hydrogen) atoms. The van der Waals surface area contributed by atoms with Crippen LogP contribution in [0.25, 0.3) is 11.3 Å². The predicted molar refractivity (Wildman–Crippen MR) is 113 cm³/mol. The van der Waals surface area contributed by atoms with E-state index in [2.05, 4.69) is 77.0 Å². The zero-order valence-corrected chi connectivity index (χ0v) is 14.9. The average molecular weight is 348 g/mol. The van der Waals surface area contributed by atoms with Crippen molar-refractivity contribution in [3.8, 4) is 0 Å². The van der Waals surface area contributed by atoms with Gasteiger partial charge in [0.2, 0.25) is 0 Å². The Bertz CT molecular complexity index is 967. The molecule has 0 aliphatic rings. The van der Waals surface area contributed by atoms with Gasteiger partial charge in [0, 0.05) is 17.5 Å². The molecule has 0 radical (unpaired) electrons. The van der Waals surface area contributed by atoms with E-state index in [9.17, 15) is 0 Å². The number of rotatable bonds is 5. The van der Waals surface area contributed by atoms with Crippen LogP contribution in [0.3, 0.4) is 0 Å². The van der Waals surface area contributed by atoms with Crippen molar-refractivity contribution in [3.05, 3.63) is 132 Å².